The number of fused-ring (bicyclic) bond motifs is 8. The van der Waals surface area contributed by atoms with Gasteiger partial charge in [-0.15, -0.1) is 0 Å². The van der Waals surface area contributed by atoms with Gasteiger partial charge < -0.3 is 14.6 Å². The molecule has 1 unspecified atom stereocenters. The maximum Gasteiger partial charge on any atom is 0.163 e. The summed E-state index contributed by atoms with van der Waals surface area (Å²) in [7, 11) is 0. The highest BCUT2D eigenvalue weighted by atomic mass is 16.8. The minimum Gasteiger partial charge on any atom is -0.393 e. The van der Waals surface area contributed by atoms with Crippen molar-refractivity contribution >= 4 is 0 Å². The quantitative estimate of drug-likeness (QED) is 0.399. The highest BCUT2D eigenvalue weighted by Crippen LogP contribution is 2.70. The Hall–Kier alpha value is -0.120. The Bertz CT molecular complexity index is 792. The van der Waals surface area contributed by atoms with Crippen LogP contribution in [0, 0.1) is 64.1 Å². The van der Waals surface area contributed by atoms with Gasteiger partial charge in [0.2, 0.25) is 0 Å². The van der Waals surface area contributed by atoms with Crippen LogP contribution in [0.15, 0.2) is 0 Å². The van der Waals surface area contributed by atoms with Gasteiger partial charge in [-0.1, -0.05) is 61.3 Å². The average Bonchev–Trinajstić information content (AvgIpc) is 3.33. The van der Waals surface area contributed by atoms with Gasteiger partial charge in [-0.25, -0.2) is 0 Å². The molecular formula is C33H58O3. The van der Waals surface area contributed by atoms with Crippen LogP contribution in [0.2, 0.25) is 0 Å². The monoisotopic (exact) mass is 502 g/mol. The molecule has 4 saturated carbocycles. The van der Waals surface area contributed by atoms with E-state index in [2.05, 4.69) is 62.3 Å². The zero-order valence-electron chi connectivity index (χ0n) is 25.1. The first-order valence-corrected chi connectivity index (χ1v) is 15.9. The molecule has 208 valence electrons. The lowest BCUT2D eigenvalue weighted by Gasteiger charge is -2.63. The number of hydrogen-bond acceptors (Lipinski definition) is 3. The smallest absolute Gasteiger partial charge is 0.163 e. The van der Waals surface area contributed by atoms with Crippen LogP contribution in [0.4, 0.5) is 0 Å². The largest absolute Gasteiger partial charge is 0.393 e. The second-order valence-electron chi connectivity index (χ2n) is 15.6. The molecule has 3 heteroatoms. The van der Waals surface area contributed by atoms with E-state index >= 15 is 0 Å². The molecule has 1 N–H and O–H groups in total. The van der Waals surface area contributed by atoms with E-state index in [1.54, 1.807) is 0 Å². The van der Waals surface area contributed by atoms with E-state index in [1.807, 2.05) is 0 Å². The van der Waals surface area contributed by atoms with Crippen molar-refractivity contribution in [2.75, 3.05) is 0 Å². The summed E-state index contributed by atoms with van der Waals surface area (Å²) in [6, 6.07) is 0. The van der Waals surface area contributed by atoms with Gasteiger partial charge >= 0.3 is 0 Å². The Morgan fingerprint density at radius 2 is 1.47 bits per heavy atom. The molecule has 13 atom stereocenters. The highest BCUT2D eigenvalue weighted by molar-refractivity contribution is 5.16. The van der Waals surface area contributed by atoms with E-state index in [1.165, 1.54) is 51.4 Å². The van der Waals surface area contributed by atoms with Crippen molar-refractivity contribution in [2.45, 2.75) is 144 Å². The lowest BCUT2D eigenvalue weighted by Crippen LogP contribution is -2.63. The first-order chi connectivity index (χ1) is 16.8. The summed E-state index contributed by atoms with van der Waals surface area (Å²) >= 11 is 0. The standard InChI is InChI=1S/C33H58O3/c1-10-22(19(2)3)18-27(34)21(5)23-11-12-24-28-25(14-16-32(23,24)8)33(9)15-13-20(4)17-26(33)29-30(28)36-31(6,7)35-29/h19-30,34H,10-18H2,1-9H3/t20-,21-,22+,23+,24-,25-,26+,27?,28-,29+,30+,32+,33+/m0/s1. The fourth-order valence-corrected chi connectivity index (χ4v) is 11.0. The predicted molar refractivity (Wildman–Crippen MR) is 147 cm³/mol. The molecule has 0 amide bonds. The maximum absolute atomic E-state index is 11.5. The molecule has 4 aliphatic carbocycles. The maximum atomic E-state index is 11.5. The molecule has 1 aliphatic heterocycles. The van der Waals surface area contributed by atoms with Gasteiger partial charge in [0.25, 0.3) is 0 Å². The number of aliphatic hydroxyl groups is 1. The van der Waals surface area contributed by atoms with Gasteiger partial charge in [0.1, 0.15) is 0 Å². The fraction of sp³-hybridized carbons (Fsp3) is 1.00. The number of aliphatic hydroxyl groups excluding tert-OH is 1. The molecular weight excluding hydrogens is 444 g/mol. The highest BCUT2D eigenvalue weighted by Gasteiger charge is 2.68. The molecule has 1 saturated heterocycles. The van der Waals surface area contributed by atoms with Gasteiger partial charge in [0.15, 0.2) is 5.79 Å². The lowest BCUT2D eigenvalue weighted by molar-refractivity contribution is -0.186. The average molecular weight is 503 g/mol. The Morgan fingerprint density at radius 1 is 0.833 bits per heavy atom. The molecule has 1 heterocycles. The van der Waals surface area contributed by atoms with Crippen molar-refractivity contribution in [3.05, 3.63) is 0 Å². The van der Waals surface area contributed by atoms with Gasteiger partial charge in [-0.3, -0.25) is 0 Å². The van der Waals surface area contributed by atoms with E-state index in [0.29, 0.717) is 52.3 Å². The minimum atomic E-state index is -0.465. The molecule has 0 aromatic heterocycles. The lowest BCUT2D eigenvalue weighted by atomic mass is 9.42. The van der Waals surface area contributed by atoms with Gasteiger partial charge in [0.05, 0.1) is 18.3 Å². The topological polar surface area (TPSA) is 38.7 Å². The normalized spacial score (nSPS) is 50.1. The third-order valence-electron chi connectivity index (χ3n) is 13.1. The molecule has 0 aromatic rings. The molecule has 0 spiro atoms. The molecule has 0 radical (unpaired) electrons. The molecule has 5 fully saturated rings. The third kappa shape index (κ3) is 4.25. The molecule has 5 aliphatic rings. The molecule has 5 rings (SSSR count). The van der Waals surface area contributed by atoms with E-state index < -0.39 is 5.79 Å². The van der Waals surface area contributed by atoms with E-state index in [-0.39, 0.29) is 18.3 Å². The molecule has 36 heavy (non-hydrogen) atoms. The summed E-state index contributed by atoms with van der Waals surface area (Å²) in [5.74, 6) is 5.31. The Labute approximate surface area is 222 Å². The zero-order chi connectivity index (χ0) is 26.2. The third-order valence-corrected chi connectivity index (χ3v) is 13.1. The fourth-order valence-electron chi connectivity index (χ4n) is 11.0. The molecule has 3 nitrogen and oxygen atoms in total. The first kappa shape index (κ1) is 27.4. The van der Waals surface area contributed by atoms with E-state index in [9.17, 15) is 5.11 Å². The van der Waals surface area contributed by atoms with E-state index in [0.717, 1.165) is 18.3 Å². The summed E-state index contributed by atoms with van der Waals surface area (Å²) in [4.78, 5) is 0. The van der Waals surface area contributed by atoms with Crippen LogP contribution in [-0.2, 0) is 9.47 Å². The predicted octanol–water partition coefficient (Wildman–Crippen LogP) is 8.09. The van der Waals surface area contributed by atoms with Gasteiger partial charge in [-0.05, 0) is 123 Å². The van der Waals surface area contributed by atoms with Crippen LogP contribution in [0.25, 0.3) is 0 Å². The van der Waals surface area contributed by atoms with Crippen molar-refractivity contribution < 1.29 is 14.6 Å². The number of hydrogen-bond donors (Lipinski definition) is 1. The van der Waals surface area contributed by atoms with Crippen molar-refractivity contribution in [1.29, 1.82) is 0 Å². The number of rotatable bonds is 6. The van der Waals surface area contributed by atoms with Gasteiger partial charge in [0, 0.05) is 0 Å². The van der Waals surface area contributed by atoms with Crippen molar-refractivity contribution in [2.24, 2.45) is 64.1 Å². The Kier molecular flexibility index (Phi) is 7.25. The van der Waals surface area contributed by atoms with E-state index in [4.69, 9.17) is 9.47 Å². The minimum absolute atomic E-state index is 0.179. The van der Waals surface area contributed by atoms with Crippen LogP contribution >= 0.6 is 0 Å². The SMILES string of the molecule is CC[C@H](CC(O)[C@@H](C)[C@H]1CC[C@H]2[C@@H]3[C@H]4OC(C)(C)O[C@@H]4[C@H]4C[C@@H](C)CC[C@]4(C)[C@H]3CC[C@]12C)C(C)C. The van der Waals surface area contributed by atoms with Crippen LogP contribution in [0.5, 0.6) is 0 Å². The Balaban J connectivity index is 1.42. The van der Waals surface area contributed by atoms with Crippen LogP contribution in [0.3, 0.4) is 0 Å². The summed E-state index contributed by atoms with van der Waals surface area (Å²) in [6.07, 6.45) is 11.8. The van der Waals surface area contributed by atoms with Crippen LogP contribution in [-0.4, -0.2) is 29.2 Å². The summed E-state index contributed by atoms with van der Waals surface area (Å²) in [6.45, 7) is 21.3. The number of ether oxygens (including phenoxy) is 2. The van der Waals surface area contributed by atoms with Crippen molar-refractivity contribution in [3.8, 4) is 0 Å². The molecule has 0 aromatic carbocycles. The van der Waals surface area contributed by atoms with Gasteiger partial charge in [-0.2, -0.15) is 0 Å². The van der Waals surface area contributed by atoms with Crippen LogP contribution < -0.4 is 0 Å². The van der Waals surface area contributed by atoms with Crippen LogP contribution in [0.1, 0.15) is 120 Å². The van der Waals surface area contributed by atoms with Crippen molar-refractivity contribution in [3.63, 3.8) is 0 Å². The summed E-state index contributed by atoms with van der Waals surface area (Å²) < 4.78 is 13.7. The first-order valence-electron chi connectivity index (χ1n) is 15.9. The zero-order valence-corrected chi connectivity index (χ0v) is 25.1. The second kappa shape index (κ2) is 9.51. The van der Waals surface area contributed by atoms with Crippen molar-refractivity contribution in [1.82, 2.24) is 0 Å². The summed E-state index contributed by atoms with van der Waals surface area (Å²) in [5, 5.41) is 11.5. The molecule has 0 bridgehead atoms. The Morgan fingerprint density at radius 3 is 2.14 bits per heavy atom. The summed E-state index contributed by atoms with van der Waals surface area (Å²) in [5.41, 5.74) is 0.700. The second-order valence-corrected chi connectivity index (χ2v) is 15.6.